The van der Waals surface area contributed by atoms with Crippen LogP contribution < -0.4 is 5.73 Å². The van der Waals surface area contributed by atoms with Gasteiger partial charge < -0.3 is 10.3 Å². The van der Waals surface area contributed by atoms with Crippen molar-refractivity contribution in [3.05, 3.63) is 46.9 Å². The summed E-state index contributed by atoms with van der Waals surface area (Å²) in [5, 5.41) is 12.7. The number of benzene rings is 1. The Morgan fingerprint density at radius 1 is 1.57 bits per heavy atom. The van der Waals surface area contributed by atoms with E-state index in [9.17, 15) is 9.18 Å². The highest BCUT2D eigenvalue weighted by Gasteiger charge is 2.31. The fourth-order valence-electron chi connectivity index (χ4n) is 2.79. The van der Waals surface area contributed by atoms with Gasteiger partial charge in [0.15, 0.2) is 0 Å². The van der Waals surface area contributed by atoms with Crippen molar-refractivity contribution in [3.8, 4) is 6.07 Å². The van der Waals surface area contributed by atoms with E-state index in [1.54, 1.807) is 0 Å². The van der Waals surface area contributed by atoms with Crippen molar-refractivity contribution in [2.75, 3.05) is 6.54 Å². The molecular weight excluding hydrogens is 301 g/mol. The fourth-order valence-corrected chi connectivity index (χ4v) is 2.79. The van der Waals surface area contributed by atoms with Crippen LogP contribution >= 0.6 is 0 Å². The summed E-state index contributed by atoms with van der Waals surface area (Å²) in [6.07, 6.45) is 1.67. The third-order valence-electron chi connectivity index (χ3n) is 3.87. The average Bonchev–Trinajstić information content (AvgIpc) is 3.16. The normalized spacial score (nSPS) is 18.0. The van der Waals surface area contributed by atoms with Gasteiger partial charge in [-0.25, -0.2) is 4.39 Å². The molecule has 1 amide bonds. The van der Waals surface area contributed by atoms with Crippen LogP contribution in [0.3, 0.4) is 0 Å². The summed E-state index contributed by atoms with van der Waals surface area (Å²) >= 11 is 0. The lowest BCUT2D eigenvalue weighted by Crippen LogP contribution is -2.24. The predicted octanol–water partition coefficient (Wildman–Crippen LogP) is 1.52. The van der Waals surface area contributed by atoms with Crippen LogP contribution in [0.2, 0.25) is 0 Å². The summed E-state index contributed by atoms with van der Waals surface area (Å²) in [5.74, 6) is -0.980. The predicted molar refractivity (Wildman–Crippen MR) is 76.3 cm³/mol. The molecule has 1 aliphatic rings. The maximum atomic E-state index is 13.4. The van der Waals surface area contributed by atoms with Crippen LogP contribution in [0.4, 0.5) is 4.39 Å². The number of nitrogens with two attached hydrogens (primary N) is 1. The lowest BCUT2D eigenvalue weighted by molar-refractivity contribution is 0.0987. The summed E-state index contributed by atoms with van der Waals surface area (Å²) in [5.41, 5.74) is 6.16. The summed E-state index contributed by atoms with van der Waals surface area (Å²) < 4.78 is 18.6. The Morgan fingerprint density at radius 2 is 2.39 bits per heavy atom. The molecule has 0 bridgehead atoms. The number of hydrogen-bond donors (Lipinski definition) is 1. The minimum absolute atomic E-state index is 0.157. The zero-order valence-corrected chi connectivity index (χ0v) is 12.2. The molecular formula is C15H14FN5O2. The highest BCUT2D eigenvalue weighted by Crippen LogP contribution is 2.32. The Balaban J connectivity index is 1.83. The molecule has 1 atom stereocenters. The first-order valence-electron chi connectivity index (χ1n) is 7.14. The first-order chi connectivity index (χ1) is 11.1. The van der Waals surface area contributed by atoms with Crippen molar-refractivity contribution < 1.29 is 13.7 Å². The Morgan fingerprint density at radius 3 is 3.09 bits per heavy atom. The molecule has 0 aliphatic carbocycles. The van der Waals surface area contributed by atoms with Gasteiger partial charge in [-0.15, -0.1) is 0 Å². The number of rotatable bonds is 4. The van der Waals surface area contributed by atoms with Gasteiger partial charge in [-0.05, 0) is 43.1 Å². The standard InChI is InChI=1S/C15H14FN5O2/c16-11-4-3-9(7-17)10(6-11)8-21-5-1-2-12(21)15-19-14(13(18)22)20-23-15/h3-4,6,12H,1-2,5,8H2,(H2,18,22)/t12-/m1/s1. The Hall–Kier alpha value is -2.79. The number of nitriles is 1. The van der Waals surface area contributed by atoms with Gasteiger partial charge in [0.25, 0.3) is 11.7 Å². The molecule has 3 rings (SSSR count). The molecule has 1 aromatic carbocycles. The van der Waals surface area contributed by atoms with E-state index in [1.807, 2.05) is 4.90 Å². The highest BCUT2D eigenvalue weighted by molar-refractivity contribution is 5.88. The Bertz CT molecular complexity index is 782. The van der Waals surface area contributed by atoms with Crippen LogP contribution in [0.25, 0.3) is 0 Å². The zero-order valence-electron chi connectivity index (χ0n) is 12.2. The number of carbonyl (C=O) groups is 1. The molecule has 1 saturated heterocycles. The van der Waals surface area contributed by atoms with Gasteiger partial charge in [0.05, 0.1) is 17.7 Å². The van der Waals surface area contributed by atoms with Gasteiger partial charge >= 0.3 is 0 Å². The molecule has 1 aliphatic heterocycles. The van der Waals surface area contributed by atoms with Crippen molar-refractivity contribution in [1.82, 2.24) is 15.0 Å². The van der Waals surface area contributed by atoms with Gasteiger partial charge in [0.1, 0.15) is 5.82 Å². The lowest BCUT2D eigenvalue weighted by atomic mass is 10.1. The van der Waals surface area contributed by atoms with Crippen LogP contribution in [-0.4, -0.2) is 27.5 Å². The second-order valence-corrected chi connectivity index (χ2v) is 5.36. The van der Waals surface area contributed by atoms with Crippen LogP contribution in [0.15, 0.2) is 22.7 Å². The molecule has 0 saturated carbocycles. The van der Waals surface area contributed by atoms with Crippen molar-refractivity contribution in [2.24, 2.45) is 5.73 Å². The van der Waals surface area contributed by atoms with Crippen molar-refractivity contribution in [2.45, 2.75) is 25.4 Å². The largest absolute Gasteiger partial charge is 0.363 e. The number of hydrogen-bond acceptors (Lipinski definition) is 6. The third-order valence-corrected chi connectivity index (χ3v) is 3.87. The second kappa shape index (κ2) is 6.14. The molecule has 7 nitrogen and oxygen atoms in total. The third kappa shape index (κ3) is 3.05. The molecule has 0 spiro atoms. The van der Waals surface area contributed by atoms with Crippen LogP contribution in [-0.2, 0) is 6.54 Å². The maximum Gasteiger partial charge on any atom is 0.290 e. The van der Waals surface area contributed by atoms with E-state index in [1.165, 1.54) is 18.2 Å². The van der Waals surface area contributed by atoms with Crippen LogP contribution in [0.5, 0.6) is 0 Å². The monoisotopic (exact) mass is 315 g/mol. The topological polar surface area (TPSA) is 109 Å². The summed E-state index contributed by atoms with van der Waals surface area (Å²) in [7, 11) is 0. The first-order valence-corrected chi connectivity index (χ1v) is 7.14. The summed E-state index contributed by atoms with van der Waals surface area (Å²) in [4.78, 5) is 17.1. The molecule has 0 unspecified atom stereocenters. The number of carbonyl (C=O) groups excluding carboxylic acids is 1. The molecule has 118 valence electrons. The minimum Gasteiger partial charge on any atom is -0.363 e. The quantitative estimate of drug-likeness (QED) is 0.916. The van der Waals surface area contributed by atoms with Gasteiger partial charge in [0, 0.05) is 6.54 Å². The highest BCUT2D eigenvalue weighted by atomic mass is 19.1. The molecule has 1 fully saturated rings. The molecule has 0 radical (unpaired) electrons. The van der Waals surface area contributed by atoms with Crippen LogP contribution in [0.1, 0.15) is 46.5 Å². The minimum atomic E-state index is -0.749. The van der Waals surface area contributed by atoms with E-state index >= 15 is 0 Å². The second-order valence-electron chi connectivity index (χ2n) is 5.36. The number of aromatic nitrogens is 2. The van der Waals surface area contributed by atoms with Crippen molar-refractivity contribution in [1.29, 1.82) is 5.26 Å². The number of likely N-dealkylation sites (tertiary alicyclic amines) is 1. The van der Waals surface area contributed by atoms with E-state index in [4.69, 9.17) is 15.5 Å². The molecule has 2 heterocycles. The van der Waals surface area contributed by atoms with Crippen LogP contribution in [0, 0.1) is 17.1 Å². The molecule has 8 heteroatoms. The van der Waals surface area contributed by atoms with E-state index in [0.29, 0.717) is 23.6 Å². The maximum absolute atomic E-state index is 13.4. The molecule has 23 heavy (non-hydrogen) atoms. The van der Waals surface area contributed by atoms with Gasteiger partial charge in [-0.3, -0.25) is 9.69 Å². The van der Waals surface area contributed by atoms with E-state index < -0.39 is 5.91 Å². The van der Waals surface area contributed by atoms with Gasteiger partial charge in [-0.2, -0.15) is 10.2 Å². The average molecular weight is 315 g/mol. The van der Waals surface area contributed by atoms with E-state index in [0.717, 1.165) is 19.4 Å². The number of primary amides is 1. The number of amides is 1. The number of nitrogens with zero attached hydrogens (tertiary/aromatic N) is 4. The van der Waals surface area contributed by atoms with E-state index in [-0.39, 0.29) is 17.7 Å². The smallest absolute Gasteiger partial charge is 0.290 e. The fraction of sp³-hybridized carbons (Fsp3) is 0.333. The first kappa shape index (κ1) is 15.1. The summed E-state index contributed by atoms with van der Waals surface area (Å²) in [6, 6.07) is 5.98. The Kier molecular flexibility index (Phi) is 4.04. The Labute approximate surface area is 131 Å². The molecule has 2 N–H and O–H groups in total. The van der Waals surface area contributed by atoms with Crippen molar-refractivity contribution in [3.63, 3.8) is 0 Å². The number of halogens is 1. The van der Waals surface area contributed by atoms with Crippen molar-refractivity contribution >= 4 is 5.91 Å². The SMILES string of the molecule is N#Cc1ccc(F)cc1CN1CCC[C@@H]1c1nc(C(N)=O)no1. The summed E-state index contributed by atoms with van der Waals surface area (Å²) in [6.45, 7) is 1.14. The van der Waals surface area contributed by atoms with E-state index in [2.05, 4.69) is 16.2 Å². The zero-order chi connectivity index (χ0) is 16.4. The van der Waals surface area contributed by atoms with Gasteiger partial charge in [-0.1, -0.05) is 5.16 Å². The molecule has 2 aromatic rings. The lowest BCUT2D eigenvalue weighted by Gasteiger charge is -2.22. The van der Waals surface area contributed by atoms with Gasteiger partial charge in [0.2, 0.25) is 5.89 Å². The molecule has 1 aromatic heterocycles.